The van der Waals surface area contributed by atoms with Crippen molar-refractivity contribution in [2.24, 2.45) is 0 Å². The predicted octanol–water partition coefficient (Wildman–Crippen LogP) is 4.94. The van der Waals surface area contributed by atoms with Crippen LogP contribution in [-0.2, 0) is 35.6 Å². The Bertz CT molecular complexity index is 1280. The molecule has 0 aliphatic rings. The number of fused-ring (bicyclic) bond motifs is 1. The highest BCUT2D eigenvalue weighted by Gasteiger charge is 2.18. The number of rotatable bonds is 11. The Labute approximate surface area is 205 Å². The van der Waals surface area contributed by atoms with E-state index < -0.39 is 5.97 Å². The molecule has 0 fully saturated rings. The van der Waals surface area contributed by atoms with Crippen LogP contribution in [0.3, 0.4) is 0 Å². The highest BCUT2D eigenvalue weighted by Crippen LogP contribution is 2.32. The molecular weight excluding hydrogens is 440 g/mol. The Hall–Kier alpha value is -4.06. The molecule has 4 aromatic rings. The molecule has 1 aromatic heterocycles. The van der Waals surface area contributed by atoms with Gasteiger partial charge in [-0.05, 0) is 41.7 Å². The zero-order chi connectivity index (χ0) is 24.6. The van der Waals surface area contributed by atoms with Crippen molar-refractivity contribution in [1.29, 1.82) is 0 Å². The van der Waals surface area contributed by atoms with Gasteiger partial charge in [0.25, 0.3) is 0 Å². The quantitative estimate of drug-likeness (QED) is 0.337. The molecule has 0 unspecified atom stereocenters. The van der Waals surface area contributed by atoms with E-state index in [4.69, 9.17) is 4.74 Å². The largest absolute Gasteiger partial charge is 0.488 e. The van der Waals surface area contributed by atoms with Crippen LogP contribution in [0.15, 0.2) is 85.1 Å². The van der Waals surface area contributed by atoms with E-state index in [9.17, 15) is 14.7 Å². The average molecular weight is 471 g/mol. The fourth-order valence-electron chi connectivity index (χ4n) is 4.15. The van der Waals surface area contributed by atoms with Crippen LogP contribution in [0.1, 0.15) is 23.1 Å². The van der Waals surface area contributed by atoms with E-state index in [2.05, 4.69) is 12.1 Å². The molecule has 0 saturated carbocycles. The smallest absolute Gasteiger partial charge is 0.303 e. The number of hydrogen-bond acceptors (Lipinski definition) is 3. The number of ether oxygens (including phenoxy) is 1. The molecule has 6 nitrogen and oxygen atoms in total. The first-order valence-electron chi connectivity index (χ1n) is 11.8. The minimum Gasteiger partial charge on any atom is -0.488 e. The lowest BCUT2D eigenvalue weighted by molar-refractivity contribution is -0.137. The second kappa shape index (κ2) is 11.4. The first kappa shape index (κ1) is 24.1. The highest BCUT2D eigenvalue weighted by atomic mass is 16.5. The number of carbonyl (C=O) groups excluding carboxylic acids is 1. The van der Waals surface area contributed by atoms with Crippen LogP contribution in [-0.4, -0.2) is 40.0 Å². The molecule has 3 aromatic carbocycles. The third kappa shape index (κ3) is 6.29. The molecule has 0 aliphatic heterocycles. The van der Waals surface area contributed by atoms with Crippen LogP contribution in [0.4, 0.5) is 0 Å². The van der Waals surface area contributed by atoms with Crippen LogP contribution in [0, 0.1) is 0 Å². The Morgan fingerprint density at radius 2 is 1.57 bits per heavy atom. The average Bonchev–Trinajstić information content (AvgIpc) is 3.23. The second-order valence-corrected chi connectivity index (χ2v) is 8.65. The van der Waals surface area contributed by atoms with Crippen molar-refractivity contribution < 1.29 is 19.4 Å². The molecule has 0 saturated heterocycles. The van der Waals surface area contributed by atoms with Crippen LogP contribution >= 0.6 is 0 Å². The minimum absolute atomic E-state index is 0.00165. The number of aryl methyl sites for hydroxylation is 1. The summed E-state index contributed by atoms with van der Waals surface area (Å²) < 4.78 is 8.06. The molecule has 0 aliphatic carbocycles. The first-order valence-corrected chi connectivity index (χ1v) is 11.8. The molecule has 180 valence electrons. The summed E-state index contributed by atoms with van der Waals surface area (Å²) in [7, 11) is 1.82. The van der Waals surface area contributed by atoms with E-state index in [1.165, 1.54) is 5.56 Å². The van der Waals surface area contributed by atoms with E-state index in [0.29, 0.717) is 25.3 Å². The van der Waals surface area contributed by atoms with Gasteiger partial charge in [0.05, 0.1) is 5.52 Å². The maximum absolute atomic E-state index is 13.0. The van der Waals surface area contributed by atoms with E-state index >= 15 is 0 Å². The highest BCUT2D eigenvalue weighted by molar-refractivity contribution is 5.91. The number of hydrogen-bond donors (Lipinski definition) is 1. The summed E-state index contributed by atoms with van der Waals surface area (Å²) in [5, 5.41) is 10.1. The number of benzene rings is 3. The number of aromatic nitrogens is 1. The lowest BCUT2D eigenvalue weighted by Crippen LogP contribution is -2.31. The number of aliphatic carboxylic acids is 1. The maximum atomic E-state index is 13.0. The lowest BCUT2D eigenvalue weighted by atomic mass is 10.1. The van der Waals surface area contributed by atoms with Crippen molar-refractivity contribution in [3.05, 3.63) is 102 Å². The van der Waals surface area contributed by atoms with Crippen molar-refractivity contribution in [3.8, 4) is 5.75 Å². The molecule has 1 N–H and O–H groups in total. The van der Waals surface area contributed by atoms with Gasteiger partial charge in [-0.2, -0.15) is 0 Å². The summed E-state index contributed by atoms with van der Waals surface area (Å²) in [6, 6.07) is 25.7. The zero-order valence-corrected chi connectivity index (χ0v) is 19.9. The Kier molecular flexibility index (Phi) is 7.83. The summed E-state index contributed by atoms with van der Waals surface area (Å²) in [6.45, 7) is 1.21. The normalized spacial score (nSPS) is 10.9. The standard InChI is InChI=1S/C29H30N2O4/c1-30(18-17-22-9-4-2-5-10-22)27(32)20-31-19-24(15-16-28(33)34)29-25(31)13-8-14-26(29)35-21-23-11-6-3-7-12-23/h2-14,19H,15-18,20-21H2,1H3,(H,33,34). The maximum Gasteiger partial charge on any atom is 0.303 e. The van der Waals surface area contributed by atoms with Gasteiger partial charge in [0.15, 0.2) is 0 Å². The van der Waals surface area contributed by atoms with E-state index in [-0.39, 0.29) is 18.9 Å². The molecule has 35 heavy (non-hydrogen) atoms. The molecule has 0 spiro atoms. The number of amides is 1. The van der Waals surface area contributed by atoms with Gasteiger partial charge in [-0.3, -0.25) is 9.59 Å². The van der Waals surface area contributed by atoms with Gasteiger partial charge >= 0.3 is 5.97 Å². The lowest BCUT2D eigenvalue weighted by Gasteiger charge is -2.18. The van der Waals surface area contributed by atoms with E-state index in [1.54, 1.807) is 4.90 Å². The number of likely N-dealkylation sites (N-methyl/N-ethyl adjacent to an activating group) is 1. The summed E-state index contributed by atoms with van der Waals surface area (Å²) in [6.07, 6.45) is 3.06. The summed E-state index contributed by atoms with van der Waals surface area (Å²) >= 11 is 0. The van der Waals surface area contributed by atoms with Crippen molar-refractivity contribution in [1.82, 2.24) is 9.47 Å². The van der Waals surface area contributed by atoms with Gasteiger partial charge in [0, 0.05) is 31.6 Å². The zero-order valence-electron chi connectivity index (χ0n) is 19.9. The number of carboxylic acids is 1. The van der Waals surface area contributed by atoms with Gasteiger partial charge in [-0.25, -0.2) is 0 Å². The summed E-state index contributed by atoms with van der Waals surface area (Å²) in [4.78, 5) is 26.0. The minimum atomic E-state index is -0.856. The fraction of sp³-hybridized carbons (Fsp3) is 0.241. The molecular formula is C29H30N2O4. The molecule has 1 heterocycles. The fourth-order valence-corrected chi connectivity index (χ4v) is 4.15. The third-order valence-electron chi connectivity index (χ3n) is 6.10. The van der Waals surface area contributed by atoms with Gasteiger partial charge in [0.1, 0.15) is 18.9 Å². The molecule has 0 bridgehead atoms. The molecule has 6 heteroatoms. The van der Waals surface area contributed by atoms with Gasteiger partial charge in [-0.1, -0.05) is 66.7 Å². The third-order valence-corrected chi connectivity index (χ3v) is 6.10. The Morgan fingerprint density at radius 1 is 0.886 bits per heavy atom. The predicted molar refractivity (Wildman–Crippen MR) is 136 cm³/mol. The second-order valence-electron chi connectivity index (χ2n) is 8.65. The summed E-state index contributed by atoms with van der Waals surface area (Å²) in [5.41, 5.74) is 3.97. The first-order chi connectivity index (χ1) is 17.0. The number of nitrogens with zero attached hydrogens (tertiary/aromatic N) is 2. The van der Waals surface area contributed by atoms with Gasteiger partial charge in [0.2, 0.25) is 5.91 Å². The van der Waals surface area contributed by atoms with Crippen molar-refractivity contribution >= 4 is 22.8 Å². The number of carbonyl (C=O) groups is 2. The monoisotopic (exact) mass is 470 g/mol. The van der Waals surface area contributed by atoms with Gasteiger partial charge < -0.3 is 19.3 Å². The number of carboxylic acid groups (broad SMARTS) is 1. The van der Waals surface area contributed by atoms with E-state index in [1.807, 2.05) is 84.5 Å². The summed E-state index contributed by atoms with van der Waals surface area (Å²) in [5.74, 6) is -0.168. The SMILES string of the molecule is CN(CCc1ccccc1)C(=O)Cn1cc(CCC(=O)O)c2c(OCc3ccccc3)cccc21. The van der Waals surface area contributed by atoms with Crippen LogP contribution in [0.25, 0.3) is 10.9 Å². The molecule has 0 atom stereocenters. The van der Waals surface area contributed by atoms with Crippen LogP contribution in [0.2, 0.25) is 0 Å². The Morgan fingerprint density at radius 3 is 2.26 bits per heavy atom. The van der Waals surface area contributed by atoms with Crippen LogP contribution < -0.4 is 4.74 Å². The molecule has 0 radical (unpaired) electrons. The van der Waals surface area contributed by atoms with E-state index in [0.717, 1.165) is 28.5 Å². The Balaban J connectivity index is 1.54. The topological polar surface area (TPSA) is 71.8 Å². The van der Waals surface area contributed by atoms with Crippen molar-refractivity contribution in [3.63, 3.8) is 0 Å². The van der Waals surface area contributed by atoms with Crippen LogP contribution in [0.5, 0.6) is 5.75 Å². The van der Waals surface area contributed by atoms with Crippen molar-refractivity contribution in [2.75, 3.05) is 13.6 Å². The molecule has 4 rings (SSSR count). The van der Waals surface area contributed by atoms with Crippen molar-refractivity contribution in [2.45, 2.75) is 32.4 Å². The molecule has 1 amide bonds. The van der Waals surface area contributed by atoms with Gasteiger partial charge in [-0.15, -0.1) is 0 Å².